The molecule has 10 heteroatoms. The highest BCUT2D eigenvalue weighted by Gasteiger charge is 2.15. The van der Waals surface area contributed by atoms with Gasteiger partial charge in [0.15, 0.2) is 0 Å². The van der Waals surface area contributed by atoms with Gasteiger partial charge in [0, 0.05) is 5.69 Å². The number of hydrogen-bond donors (Lipinski definition) is 2. The first-order valence-corrected chi connectivity index (χ1v) is 10.3. The standard InChI is InChI=1S/C20H22N6O3S/c1-3-14-8-4-5-9-15(14)22-18(27)12-21-19(28)13-30-20-23-24-25-26(20)16-10-6-7-11-17(16)29-2/h4-11H,3,12-13H2,1-2H3,(H,21,28)(H,22,27). The van der Waals surface area contributed by atoms with Crippen LogP contribution in [0, 0.1) is 0 Å². The summed E-state index contributed by atoms with van der Waals surface area (Å²) < 4.78 is 6.84. The van der Waals surface area contributed by atoms with Gasteiger partial charge < -0.3 is 15.4 Å². The molecule has 1 heterocycles. The van der Waals surface area contributed by atoms with E-state index in [-0.39, 0.29) is 24.1 Å². The monoisotopic (exact) mass is 426 g/mol. The third kappa shape index (κ3) is 5.35. The van der Waals surface area contributed by atoms with Crippen molar-refractivity contribution < 1.29 is 14.3 Å². The number of carbonyl (C=O) groups is 2. The van der Waals surface area contributed by atoms with Crippen molar-refractivity contribution in [2.45, 2.75) is 18.5 Å². The van der Waals surface area contributed by atoms with E-state index >= 15 is 0 Å². The van der Waals surface area contributed by atoms with Crippen LogP contribution in [-0.4, -0.2) is 51.4 Å². The first-order chi connectivity index (χ1) is 14.6. The number of aromatic nitrogens is 4. The lowest BCUT2D eigenvalue weighted by atomic mass is 10.1. The van der Waals surface area contributed by atoms with Crippen LogP contribution in [-0.2, 0) is 16.0 Å². The van der Waals surface area contributed by atoms with Crippen LogP contribution < -0.4 is 15.4 Å². The molecule has 0 spiro atoms. The number of hydrogen-bond acceptors (Lipinski definition) is 7. The second kappa shape index (κ2) is 10.4. The number of tetrazole rings is 1. The van der Waals surface area contributed by atoms with Gasteiger partial charge in [-0.3, -0.25) is 9.59 Å². The molecule has 0 aliphatic carbocycles. The molecule has 2 aromatic carbocycles. The van der Waals surface area contributed by atoms with E-state index in [0.29, 0.717) is 16.6 Å². The molecule has 9 nitrogen and oxygen atoms in total. The van der Waals surface area contributed by atoms with Gasteiger partial charge in [0.2, 0.25) is 17.0 Å². The SMILES string of the molecule is CCc1ccccc1NC(=O)CNC(=O)CSc1nnnn1-c1ccccc1OC. The smallest absolute Gasteiger partial charge is 0.243 e. The molecular formula is C20H22N6O3S. The van der Waals surface area contributed by atoms with E-state index in [1.54, 1.807) is 13.2 Å². The van der Waals surface area contributed by atoms with Crippen molar-refractivity contribution >= 4 is 29.3 Å². The van der Waals surface area contributed by atoms with E-state index in [9.17, 15) is 9.59 Å². The number of benzene rings is 2. The van der Waals surface area contributed by atoms with Crippen LogP contribution in [0.25, 0.3) is 5.69 Å². The van der Waals surface area contributed by atoms with Gasteiger partial charge in [0.05, 0.1) is 19.4 Å². The molecule has 0 aliphatic rings. The summed E-state index contributed by atoms with van der Waals surface area (Å²) >= 11 is 1.17. The highest BCUT2D eigenvalue weighted by atomic mass is 32.2. The number of aryl methyl sites for hydroxylation is 1. The molecule has 1 aromatic heterocycles. The minimum atomic E-state index is -0.298. The number of ether oxygens (including phenoxy) is 1. The molecule has 0 saturated heterocycles. The normalized spacial score (nSPS) is 10.5. The predicted molar refractivity (Wildman–Crippen MR) is 114 cm³/mol. The van der Waals surface area contributed by atoms with Gasteiger partial charge in [-0.15, -0.1) is 5.10 Å². The van der Waals surface area contributed by atoms with Crippen LogP contribution in [0.3, 0.4) is 0 Å². The molecule has 156 valence electrons. The fraction of sp³-hybridized carbons (Fsp3) is 0.250. The van der Waals surface area contributed by atoms with Crippen molar-refractivity contribution in [3.63, 3.8) is 0 Å². The van der Waals surface area contributed by atoms with Crippen molar-refractivity contribution in [1.29, 1.82) is 0 Å². The van der Waals surface area contributed by atoms with Crippen molar-refractivity contribution in [2.75, 3.05) is 24.7 Å². The molecule has 0 aliphatic heterocycles. The van der Waals surface area contributed by atoms with Crippen LogP contribution in [0.4, 0.5) is 5.69 Å². The number of amides is 2. The fourth-order valence-corrected chi connectivity index (χ4v) is 3.44. The maximum absolute atomic E-state index is 12.2. The number of nitrogens with zero attached hydrogens (tertiary/aromatic N) is 4. The van der Waals surface area contributed by atoms with Crippen LogP contribution in [0.5, 0.6) is 5.75 Å². The number of carbonyl (C=O) groups excluding carboxylic acids is 2. The summed E-state index contributed by atoms with van der Waals surface area (Å²) in [6, 6.07) is 14.9. The van der Waals surface area contributed by atoms with Crippen LogP contribution >= 0.6 is 11.8 Å². The van der Waals surface area contributed by atoms with Crippen LogP contribution in [0.1, 0.15) is 12.5 Å². The minimum absolute atomic E-state index is 0.0638. The maximum Gasteiger partial charge on any atom is 0.243 e. The summed E-state index contributed by atoms with van der Waals surface area (Å²) in [4.78, 5) is 24.3. The zero-order valence-electron chi connectivity index (χ0n) is 16.7. The van der Waals surface area contributed by atoms with Crippen molar-refractivity contribution in [1.82, 2.24) is 25.5 Å². The van der Waals surface area contributed by atoms with E-state index < -0.39 is 0 Å². The Morgan fingerprint density at radius 3 is 2.67 bits per heavy atom. The molecule has 0 unspecified atom stereocenters. The summed E-state index contributed by atoms with van der Waals surface area (Å²) in [5.74, 6) is 0.0932. The summed E-state index contributed by atoms with van der Waals surface area (Å²) in [6.45, 7) is 1.90. The zero-order chi connectivity index (χ0) is 21.3. The van der Waals surface area contributed by atoms with Gasteiger partial charge in [-0.2, -0.15) is 4.68 Å². The highest BCUT2D eigenvalue weighted by Crippen LogP contribution is 2.25. The minimum Gasteiger partial charge on any atom is -0.494 e. The number of methoxy groups -OCH3 is 1. The predicted octanol–water partition coefficient (Wildman–Crippen LogP) is 2.08. The maximum atomic E-state index is 12.2. The summed E-state index contributed by atoms with van der Waals surface area (Å²) in [6.07, 6.45) is 0.806. The Balaban J connectivity index is 1.52. The third-order valence-electron chi connectivity index (χ3n) is 4.21. The van der Waals surface area contributed by atoms with Crippen molar-refractivity contribution in [3.05, 3.63) is 54.1 Å². The Labute approximate surface area is 178 Å². The van der Waals surface area contributed by atoms with E-state index in [1.807, 2.05) is 49.4 Å². The number of nitrogens with one attached hydrogen (secondary N) is 2. The lowest BCUT2D eigenvalue weighted by Crippen LogP contribution is -2.34. The first kappa shape index (κ1) is 21.3. The molecule has 30 heavy (non-hydrogen) atoms. The van der Waals surface area contributed by atoms with E-state index in [0.717, 1.165) is 17.7 Å². The highest BCUT2D eigenvalue weighted by molar-refractivity contribution is 7.99. The Hall–Kier alpha value is -3.40. The molecule has 0 radical (unpaired) electrons. The summed E-state index contributed by atoms with van der Waals surface area (Å²) in [5, 5.41) is 17.5. The molecule has 3 aromatic rings. The lowest BCUT2D eigenvalue weighted by molar-refractivity contribution is -0.122. The van der Waals surface area contributed by atoms with E-state index in [2.05, 4.69) is 26.2 Å². The molecule has 0 fully saturated rings. The van der Waals surface area contributed by atoms with Gasteiger partial charge in [0.1, 0.15) is 11.4 Å². The van der Waals surface area contributed by atoms with Crippen LogP contribution in [0.15, 0.2) is 53.7 Å². The second-order valence-electron chi connectivity index (χ2n) is 6.17. The number of anilines is 1. The average molecular weight is 427 g/mol. The zero-order valence-corrected chi connectivity index (χ0v) is 17.5. The van der Waals surface area contributed by atoms with Crippen LogP contribution in [0.2, 0.25) is 0 Å². The molecule has 2 amide bonds. The molecule has 2 N–H and O–H groups in total. The lowest BCUT2D eigenvalue weighted by Gasteiger charge is -2.10. The third-order valence-corrected chi connectivity index (χ3v) is 5.12. The first-order valence-electron chi connectivity index (χ1n) is 9.31. The Morgan fingerprint density at radius 1 is 1.10 bits per heavy atom. The second-order valence-corrected chi connectivity index (χ2v) is 7.11. The summed E-state index contributed by atoms with van der Waals surface area (Å²) in [5.41, 5.74) is 2.46. The number of rotatable bonds is 9. The summed E-state index contributed by atoms with van der Waals surface area (Å²) in [7, 11) is 1.56. The largest absolute Gasteiger partial charge is 0.494 e. The average Bonchev–Trinajstić information content (AvgIpc) is 3.25. The number of thioether (sulfide) groups is 1. The van der Waals surface area contributed by atoms with Gasteiger partial charge in [-0.05, 0) is 40.6 Å². The fourth-order valence-electron chi connectivity index (χ4n) is 2.73. The Kier molecular flexibility index (Phi) is 7.39. The van der Waals surface area contributed by atoms with Crippen molar-refractivity contribution in [3.8, 4) is 11.4 Å². The molecule has 0 saturated carbocycles. The molecule has 0 atom stereocenters. The number of para-hydroxylation sites is 3. The molecular weight excluding hydrogens is 404 g/mol. The Morgan fingerprint density at radius 2 is 1.87 bits per heavy atom. The van der Waals surface area contributed by atoms with Gasteiger partial charge in [0.25, 0.3) is 0 Å². The van der Waals surface area contributed by atoms with Crippen molar-refractivity contribution in [2.24, 2.45) is 0 Å². The topological polar surface area (TPSA) is 111 Å². The van der Waals surface area contributed by atoms with Gasteiger partial charge in [-0.1, -0.05) is 49.0 Å². The van der Waals surface area contributed by atoms with E-state index in [1.165, 1.54) is 16.4 Å². The van der Waals surface area contributed by atoms with Gasteiger partial charge >= 0.3 is 0 Å². The quantitative estimate of drug-likeness (QED) is 0.504. The molecule has 0 bridgehead atoms. The van der Waals surface area contributed by atoms with Gasteiger partial charge in [-0.25, -0.2) is 0 Å². The molecule has 3 rings (SSSR count). The van der Waals surface area contributed by atoms with E-state index in [4.69, 9.17) is 4.74 Å². The Bertz CT molecular complexity index is 1020.